The maximum absolute atomic E-state index is 6.52. The fourth-order valence-electron chi connectivity index (χ4n) is 7.98. The van der Waals surface area contributed by atoms with Crippen LogP contribution in [0.15, 0.2) is 168 Å². The molecule has 7 aromatic carbocycles. The quantitative estimate of drug-likeness (QED) is 0.183. The van der Waals surface area contributed by atoms with Gasteiger partial charge in [-0.2, -0.15) is 0 Å². The SMILES string of the molecule is CC1(C)c2ccccc2-c2cc(-c3nc(-c4ccc5c(c4)oc4cccc(-c6ccccc6)c45)nc(-c4ccccc4-c4ccccc4)n3)ccc21. The summed E-state index contributed by atoms with van der Waals surface area (Å²) in [5.41, 5.74) is 13.9. The van der Waals surface area contributed by atoms with Crippen LogP contribution in [0.3, 0.4) is 0 Å². The van der Waals surface area contributed by atoms with Crippen molar-refractivity contribution in [3.05, 3.63) is 175 Å². The van der Waals surface area contributed by atoms with Crippen molar-refractivity contribution in [2.75, 3.05) is 0 Å². The zero-order valence-corrected chi connectivity index (χ0v) is 28.8. The molecule has 0 saturated heterocycles. The molecule has 2 aromatic heterocycles. The number of rotatable bonds is 5. The Labute approximate surface area is 302 Å². The van der Waals surface area contributed by atoms with Gasteiger partial charge in [0.05, 0.1) is 0 Å². The first-order valence-corrected chi connectivity index (χ1v) is 17.7. The van der Waals surface area contributed by atoms with Gasteiger partial charge in [0.2, 0.25) is 0 Å². The van der Waals surface area contributed by atoms with Crippen LogP contribution in [0.25, 0.3) is 89.5 Å². The summed E-state index contributed by atoms with van der Waals surface area (Å²) in [6, 6.07) is 57.1. The average Bonchev–Trinajstić information content (AvgIpc) is 3.69. The molecule has 0 bridgehead atoms. The lowest BCUT2D eigenvalue weighted by molar-refractivity contribution is 0.660. The first-order chi connectivity index (χ1) is 25.5. The molecule has 0 saturated carbocycles. The fourth-order valence-corrected chi connectivity index (χ4v) is 7.98. The molecule has 0 aliphatic heterocycles. The molecule has 10 rings (SSSR count). The maximum Gasteiger partial charge on any atom is 0.164 e. The lowest BCUT2D eigenvalue weighted by Crippen LogP contribution is -2.14. The van der Waals surface area contributed by atoms with Crippen molar-refractivity contribution in [1.29, 1.82) is 0 Å². The summed E-state index contributed by atoms with van der Waals surface area (Å²) < 4.78 is 6.52. The van der Waals surface area contributed by atoms with Crippen molar-refractivity contribution >= 4 is 21.9 Å². The van der Waals surface area contributed by atoms with Gasteiger partial charge in [-0.1, -0.05) is 153 Å². The lowest BCUT2D eigenvalue weighted by Gasteiger charge is -2.21. The summed E-state index contributed by atoms with van der Waals surface area (Å²) in [5.74, 6) is 1.84. The highest BCUT2D eigenvalue weighted by Crippen LogP contribution is 2.49. The van der Waals surface area contributed by atoms with Crippen molar-refractivity contribution in [2.24, 2.45) is 0 Å². The Morgan fingerprint density at radius 1 is 0.385 bits per heavy atom. The third-order valence-electron chi connectivity index (χ3n) is 10.6. The molecule has 1 aliphatic carbocycles. The zero-order chi connectivity index (χ0) is 34.8. The Balaban J connectivity index is 1.17. The van der Waals surface area contributed by atoms with Crippen LogP contribution < -0.4 is 0 Å². The first-order valence-electron chi connectivity index (χ1n) is 17.7. The van der Waals surface area contributed by atoms with E-state index < -0.39 is 0 Å². The van der Waals surface area contributed by atoms with Crippen molar-refractivity contribution < 1.29 is 4.42 Å². The van der Waals surface area contributed by atoms with E-state index in [1.807, 2.05) is 24.3 Å². The molecule has 0 N–H and O–H groups in total. The van der Waals surface area contributed by atoms with E-state index in [2.05, 4.69) is 153 Å². The third kappa shape index (κ3) is 4.79. The number of hydrogen-bond acceptors (Lipinski definition) is 4. The molecule has 4 nitrogen and oxygen atoms in total. The lowest BCUT2D eigenvalue weighted by atomic mass is 9.82. The Morgan fingerprint density at radius 3 is 1.69 bits per heavy atom. The van der Waals surface area contributed by atoms with Crippen LogP contribution in [-0.4, -0.2) is 15.0 Å². The highest BCUT2D eigenvalue weighted by Gasteiger charge is 2.35. The number of nitrogens with zero attached hydrogens (tertiary/aromatic N) is 3. The van der Waals surface area contributed by atoms with E-state index in [-0.39, 0.29) is 5.41 Å². The predicted octanol–water partition coefficient (Wildman–Crippen LogP) is 12.4. The number of hydrogen-bond donors (Lipinski definition) is 0. The number of furan rings is 1. The Bertz CT molecular complexity index is 2820. The molecule has 246 valence electrons. The van der Waals surface area contributed by atoms with E-state index in [0.29, 0.717) is 17.5 Å². The smallest absolute Gasteiger partial charge is 0.164 e. The largest absolute Gasteiger partial charge is 0.456 e. The molecule has 0 fully saturated rings. The van der Waals surface area contributed by atoms with Gasteiger partial charge in [0, 0.05) is 32.9 Å². The van der Waals surface area contributed by atoms with Gasteiger partial charge in [0.1, 0.15) is 11.2 Å². The van der Waals surface area contributed by atoms with E-state index in [0.717, 1.165) is 60.9 Å². The number of fused-ring (bicyclic) bond motifs is 6. The minimum Gasteiger partial charge on any atom is -0.456 e. The predicted molar refractivity (Wildman–Crippen MR) is 212 cm³/mol. The second-order valence-electron chi connectivity index (χ2n) is 14.0. The van der Waals surface area contributed by atoms with Crippen molar-refractivity contribution in [3.8, 4) is 67.5 Å². The van der Waals surface area contributed by atoms with Crippen LogP contribution in [-0.2, 0) is 5.41 Å². The molecule has 2 heterocycles. The summed E-state index contributed by atoms with van der Waals surface area (Å²) in [7, 11) is 0. The van der Waals surface area contributed by atoms with Gasteiger partial charge < -0.3 is 4.42 Å². The van der Waals surface area contributed by atoms with E-state index >= 15 is 0 Å². The van der Waals surface area contributed by atoms with Crippen molar-refractivity contribution in [3.63, 3.8) is 0 Å². The normalized spacial score (nSPS) is 13.0. The van der Waals surface area contributed by atoms with Crippen LogP contribution in [0.5, 0.6) is 0 Å². The molecule has 4 heteroatoms. The van der Waals surface area contributed by atoms with Crippen LogP contribution in [0.1, 0.15) is 25.0 Å². The fraction of sp³-hybridized carbons (Fsp3) is 0.0625. The molecular formula is C48H33N3O. The molecule has 52 heavy (non-hydrogen) atoms. The molecule has 0 radical (unpaired) electrons. The Morgan fingerprint density at radius 2 is 0.942 bits per heavy atom. The Kier molecular flexibility index (Phi) is 6.80. The maximum atomic E-state index is 6.52. The number of benzene rings is 7. The van der Waals surface area contributed by atoms with Gasteiger partial charge in [-0.25, -0.2) is 15.0 Å². The molecule has 0 unspecified atom stereocenters. The van der Waals surface area contributed by atoms with E-state index in [4.69, 9.17) is 19.4 Å². The third-order valence-corrected chi connectivity index (χ3v) is 10.6. The summed E-state index contributed by atoms with van der Waals surface area (Å²) in [6.45, 7) is 4.60. The minimum absolute atomic E-state index is 0.0864. The van der Waals surface area contributed by atoms with Gasteiger partial charge in [-0.05, 0) is 68.8 Å². The Hall–Kier alpha value is -6.65. The van der Waals surface area contributed by atoms with Crippen molar-refractivity contribution in [2.45, 2.75) is 19.3 Å². The molecule has 0 atom stereocenters. The molecule has 0 spiro atoms. The van der Waals surface area contributed by atoms with Gasteiger partial charge in [0.15, 0.2) is 17.5 Å². The van der Waals surface area contributed by atoms with Crippen LogP contribution in [0, 0.1) is 0 Å². The summed E-state index contributed by atoms with van der Waals surface area (Å²) in [4.78, 5) is 15.6. The average molecular weight is 668 g/mol. The van der Waals surface area contributed by atoms with Gasteiger partial charge in [0.25, 0.3) is 0 Å². The van der Waals surface area contributed by atoms with Gasteiger partial charge in [-0.15, -0.1) is 0 Å². The minimum atomic E-state index is -0.0864. The molecular weight excluding hydrogens is 635 g/mol. The molecule has 9 aromatic rings. The summed E-state index contributed by atoms with van der Waals surface area (Å²) >= 11 is 0. The molecule has 1 aliphatic rings. The molecule has 0 amide bonds. The van der Waals surface area contributed by atoms with E-state index in [1.54, 1.807) is 0 Å². The van der Waals surface area contributed by atoms with E-state index in [1.165, 1.54) is 22.3 Å². The standard InChI is InChI=1S/C48H33N3O/c1-48(2)40-22-12-11-19-36(40)39-28-32(25-27-41(39)48)45-49-46(51-47(50-45)37-20-10-9-18-34(37)30-14-5-3-6-15-30)33-24-26-38-43(29-33)52-42-23-13-21-35(44(38)42)31-16-7-4-8-17-31/h3-29H,1-2H3. The monoisotopic (exact) mass is 667 g/mol. The zero-order valence-electron chi connectivity index (χ0n) is 28.8. The highest BCUT2D eigenvalue weighted by molar-refractivity contribution is 6.13. The number of aromatic nitrogens is 3. The van der Waals surface area contributed by atoms with Gasteiger partial charge >= 0.3 is 0 Å². The van der Waals surface area contributed by atoms with Crippen molar-refractivity contribution in [1.82, 2.24) is 15.0 Å². The topological polar surface area (TPSA) is 51.8 Å². The van der Waals surface area contributed by atoms with Crippen LogP contribution in [0.2, 0.25) is 0 Å². The first kappa shape index (κ1) is 30.2. The van der Waals surface area contributed by atoms with E-state index in [9.17, 15) is 0 Å². The second-order valence-corrected chi connectivity index (χ2v) is 14.0. The van der Waals surface area contributed by atoms with Crippen LogP contribution >= 0.6 is 0 Å². The van der Waals surface area contributed by atoms with Crippen LogP contribution in [0.4, 0.5) is 0 Å². The highest BCUT2D eigenvalue weighted by atomic mass is 16.3. The summed E-state index contributed by atoms with van der Waals surface area (Å²) in [6.07, 6.45) is 0. The second kappa shape index (κ2) is 11.7. The summed E-state index contributed by atoms with van der Waals surface area (Å²) in [5, 5.41) is 2.16. The van der Waals surface area contributed by atoms with Gasteiger partial charge in [-0.3, -0.25) is 0 Å².